The van der Waals surface area contributed by atoms with Gasteiger partial charge in [-0.25, -0.2) is 4.98 Å². The molecule has 1 aliphatic carbocycles. The first kappa shape index (κ1) is 26.4. The lowest BCUT2D eigenvalue weighted by Crippen LogP contribution is -2.40. The van der Waals surface area contributed by atoms with Crippen molar-refractivity contribution in [1.82, 2.24) is 25.0 Å². The number of carbonyl (C=O) groups is 2. The molecule has 1 aliphatic heterocycles. The molecule has 2 amide bonds. The number of nitrogens with one attached hydrogen (secondary N) is 1. The van der Waals surface area contributed by atoms with Crippen molar-refractivity contribution in [1.29, 1.82) is 0 Å². The number of benzene rings is 1. The Morgan fingerprint density at radius 2 is 1.89 bits per heavy atom. The van der Waals surface area contributed by atoms with Crippen LogP contribution in [0.5, 0.6) is 0 Å². The van der Waals surface area contributed by atoms with Crippen molar-refractivity contribution < 1.29 is 22.8 Å². The average molecular weight is 546 g/mol. The summed E-state index contributed by atoms with van der Waals surface area (Å²) in [6, 6.07) is 9.35. The number of fused-ring (bicyclic) bond motifs is 1. The third kappa shape index (κ3) is 5.21. The number of carbonyl (C=O) groups excluding carboxylic acids is 2. The zero-order chi connectivity index (χ0) is 27.0. The normalized spacial score (nSPS) is 18.3. The lowest BCUT2D eigenvalue weighted by Gasteiger charge is -2.31. The smallest absolute Gasteiger partial charge is 0.354 e. The Bertz CT molecular complexity index is 1340. The Labute approximate surface area is 223 Å². The fourth-order valence-corrected chi connectivity index (χ4v) is 6.87. The van der Waals surface area contributed by atoms with E-state index in [1.807, 2.05) is 6.07 Å². The first-order chi connectivity index (χ1) is 18.2. The van der Waals surface area contributed by atoms with Crippen LogP contribution in [-0.4, -0.2) is 51.6 Å². The minimum Gasteiger partial charge on any atom is -0.354 e. The molecule has 1 saturated heterocycles. The van der Waals surface area contributed by atoms with Gasteiger partial charge in [0.25, 0.3) is 5.91 Å². The van der Waals surface area contributed by atoms with E-state index in [0.29, 0.717) is 37.3 Å². The standard InChI is InChI=1S/C27H30F3N5O2S/c1-16-14-21(27(28,29)30)33-35(16)15-22(36)34-12-10-18(11-13-34)26-32-23(25(37)31-2)24(38-26)20-9-5-7-17-6-3-4-8-19(17)20/h3-4,6,8,14,18,20H,5,7,9-13,15H2,1-2H3,(H,31,37). The lowest BCUT2D eigenvalue weighted by atomic mass is 9.81. The second-order valence-corrected chi connectivity index (χ2v) is 11.0. The van der Waals surface area contributed by atoms with Crippen LogP contribution in [0, 0.1) is 6.92 Å². The number of hydrogen-bond donors (Lipinski definition) is 1. The molecule has 11 heteroatoms. The van der Waals surface area contributed by atoms with Crippen molar-refractivity contribution in [2.24, 2.45) is 0 Å². The lowest BCUT2D eigenvalue weighted by molar-refractivity contribution is -0.142. The Hall–Kier alpha value is -3.21. The fraction of sp³-hybridized carbons (Fsp3) is 0.481. The predicted octanol–water partition coefficient (Wildman–Crippen LogP) is 4.90. The van der Waals surface area contributed by atoms with Gasteiger partial charge in [0.15, 0.2) is 5.69 Å². The monoisotopic (exact) mass is 545 g/mol. The highest BCUT2D eigenvalue weighted by Gasteiger charge is 2.35. The molecule has 2 aliphatic rings. The molecule has 0 bridgehead atoms. The van der Waals surface area contributed by atoms with Crippen LogP contribution in [-0.2, 0) is 23.9 Å². The molecule has 0 radical (unpaired) electrons. The Balaban J connectivity index is 1.30. The number of aromatic nitrogens is 3. The van der Waals surface area contributed by atoms with Gasteiger partial charge in [0.1, 0.15) is 12.2 Å². The molecule has 2 aromatic heterocycles. The highest BCUT2D eigenvalue weighted by Crippen LogP contribution is 2.43. The van der Waals surface area contributed by atoms with Gasteiger partial charge < -0.3 is 10.2 Å². The van der Waals surface area contributed by atoms with Gasteiger partial charge in [0.05, 0.1) is 5.01 Å². The van der Waals surface area contributed by atoms with Crippen LogP contribution in [0.1, 0.15) is 80.4 Å². The van der Waals surface area contributed by atoms with E-state index in [2.05, 4.69) is 28.6 Å². The summed E-state index contributed by atoms with van der Waals surface area (Å²) in [6.45, 7) is 2.24. The highest BCUT2D eigenvalue weighted by molar-refractivity contribution is 7.12. The van der Waals surface area contributed by atoms with E-state index in [4.69, 9.17) is 4.98 Å². The molecule has 7 nitrogen and oxygen atoms in total. The number of nitrogens with zero attached hydrogens (tertiary/aromatic N) is 4. The zero-order valence-corrected chi connectivity index (χ0v) is 22.2. The van der Waals surface area contributed by atoms with Gasteiger partial charge in [-0.15, -0.1) is 11.3 Å². The molecule has 202 valence electrons. The number of hydrogen-bond acceptors (Lipinski definition) is 5. The number of alkyl halides is 3. The minimum atomic E-state index is -4.54. The molecule has 1 aromatic carbocycles. The first-order valence-corrected chi connectivity index (χ1v) is 13.7. The number of likely N-dealkylation sites (tertiary alicyclic amines) is 1. The number of piperidine rings is 1. The zero-order valence-electron chi connectivity index (χ0n) is 21.3. The van der Waals surface area contributed by atoms with Crippen LogP contribution >= 0.6 is 11.3 Å². The molecular weight excluding hydrogens is 515 g/mol. The topological polar surface area (TPSA) is 80.1 Å². The van der Waals surface area contributed by atoms with Crippen molar-refractivity contribution in [3.05, 3.63) is 68.4 Å². The molecule has 3 aromatic rings. The number of rotatable bonds is 5. The van der Waals surface area contributed by atoms with E-state index in [1.165, 1.54) is 18.1 Å². The third-order valence-electron chi connectivity index (χ3n) is 7.55. The van der Waals surface area contributed by atoms with Crippen molar-refractivity contribution in [2.75, 3.05) is 20.1 Å². The van der Waals surface area contributed by atoms with E-state index < -0.39 is 11.9 Å². The summed E-state index contributed by atoms with van der Waals surface area (Å²) in [5.74, 6) is -0.193. The van der Waals surface area contributed by atoms with Crippen molar-refractivity contribution in [2.45, 2.75) is 63.6 Å². The van der Waals surface area contributed by atoms with Gasteiger partial charge in [-0.2, -0.15) is 18.3 Å². The molecule has 0 saturated carbocycles. The Morgan fingerprint density at radius 1 is 1.16 bits per heavy atom. The quantitative estimate of drug-likeness (QED) is 0.495. The van der Waals surface area contributed by atoms with Crippen LogP contribution in [0.25, 0.3) is 0 Å². The maximum Gasteiger partial charge on any atom is 0.435 e. The number of amides is 2. The van der Waals surface area contributed by atoms with E-state index in [-0.39, 0.29) is 30.2 Å². The van der Waals surface area contributed by atoms with Gasteiger partial charge in [0, 0.05) is 42.5 Å². The molecule has 5 rings (SSSR count). The van der Waals surface area contributed by atoms with E-state index >= 15 is 0 Å². The van der Waals surface area contributed by atoms with Gasteiger partial charge in [-0.05, 0) is 56.2 Å². The average Bonchev–Trinajstić information content (AvgIpc) is 3.52. The number of thiazole rings is 1. The Kier molecular flexibility index (Phi) is 7.30. The van der Waals surface area contributed by atoms with Crippen LogP contribution in [0.2, 0.25) is 0 Å². The minimum absolute atomic E-state index is 0.114. The third-order valence-corrected chi connectivity index (χ3v) is 8.88. The molecule has 0 spiro atoms. The van der Waals surface area contributed by atoms with Gasteiger partial charge in [-0.1, -0.05) is 24.3 Å². The molecule has 38 heavy (non-hydrogen) atoms. The molecule has 1 atom stereocenters. The van der Waals surface area contributed by atoms with E-state index in [1.54, 1.807) is 23.3 Å². The van der Waals surface area contributed by atoms with Crippen LogP contribution < -0.4 is 5.32 Å². The SMILES string of the molecule is CNC(=O)c1nc(C2CCN(C(=O)Cn3nc(C(F)(F)F)cc3C)CC2)sc1C1CCCc2ccccc21. The first-order valence-electron chi connectivity index (χ1n) is 12.9. The molecule has 1 unspecified atom stereocenters. The van der Waals surface area contributed by atoms with Gasteiger partial charge in [0.2, 0.25) is 5.91 Å². The Morgan fingerprint density at radius 3 is 2.58 bits per heavy atom. The number of aryl methyl sites for hydroxylation is 2. The van der Waals surface area contributed by atoms with Gasteiger partial charge >= 0.3 is 6.18 Å². The molecule has 1 fully saturated rings. The van der Waals surface area contributed by atoms with Crippen molar-refractivity contribution in [3.63, 3.8) is 0 Å². The molecule has 3 heterocycles. The summed E-state index contributed by atoms with van der Waals surface area (Å²) in [7, 11) is 1.61. The summed E-state index contributed by atoms with van der Waals surface area (Å²) in [5, 5.41) is 7.22. The van der Waals surface area contributed by atoms with Crippen LogP contribution in [0.4, 0.5) is 13.2 Å². The van der Waals surface area contributed by atoms with Gasteiger partial charge in [-0.3, -0.25) is 14.3 Å². The number of halogens is 3. The summed E-state index contributed by atoms with van der Waals surface area (Å²) in [5.41, 5.74) is 2.38. The molecule has 1 N–H and O–H groups in total. The highest BCUT2D eigenvalue weighted by atomic mass is 32.1. The summed E-state index contributed by atoms with van der Waals surface area (Å²) in [6.07, 6.45) is -0.119. The van der Waals surface area contributed by atoms with E-state index in [9.17, 15) is 22.8 Å². The van der Waals surface area contributed by atoms with Crippen molar-refractivity contribution >= 4 is 23.2 Å². The van der Waals surface area contributed by atoms with Crippen LogP contribution in [0.15, 0.2) is 30.3 Å². The second-order valence-electron chi connectivity index (χ2n) is 9.97. The maximum atomic E-state index is 13.0. The van der Waals surface area contributed by atoms with Crippen molar-refractivity contribution in [3.8, 4) is 0 Å². The van der Waals surface area contributed by atoms with E-state index in [0.717, 1.165) is 39.9 Å². The second kappa shape index (κ2) is 10.5. The predicted molar refractivity (Wildman–Crippen MR) is 137 cm³/mol. The van der Waals surface area contributed by atoms with Crippen LogP contribution in [0.3, 0.4) is 0 Å². The summed E-state index contributed by atoms with van der Waals surface area (Å²) in [4.78, 5) is 33.1. The summed E-state index contributed by atoms with van der Waals surface area (Å²) < 4.78 is 40.0. The molecular formula is C27H30F3N5O2S. The summed E-state index contributed by atoms with van der Waals surface area (Å²) >= 11 is 1.60. The maximum absolute atomic E-state index is 13.0. The largest absolute Gasteiger partial charge is 0.435 e. The fourth-order valence-electron chi connectivity index (χ4n) is 5.48.